The molecule has 0 bridgehead atoms. The standard InChI is InChI=1S/C13H11F3N4O5S/c1-7(21)25-9-6-4-3-5-8(9)10(22)17-11-18-19-12(20(11)2)26(23,24)13(14,15)16/h3-6H,1-2H3,(H,17,18,22). The molecule has 0 aliphatic heterocycles. The first kappa shape index (κ1) is 19.4. The summed E-state index contributed by atoms with van der Waals surface area (Å²) in [6.07, 6.45) is 0. The molecule has 1 amide bonds. The Labute approximate surface area is 144 Å². The number of para-hydroxylation sites is 1. The summed E-state index contributed by atoms with van der Waals surface area (Å²) in [5, 5.41) is 6.95. The van der Waals surface area contributed by atoms with Crippen LogP contribution in [0.3, 0.4) is 0 Å². The fourth-order valence-electron chi connectivity index (χ4n) is 1.83. The highest BCUT2D eigenvalue weighted by molar-refractivity contribution is 7.92. The molecule has 0 fully saturated rings. The Morgan fingerprint density at radius 1 is 1.19 bits per heavy atom. The minimum atomic E-state index is -5.74. The summed E-state index contributed by atoms with van der Waals surface area (Å²) in [6, 6.07) is 5.56. The Kier molecular flexibility index (Phi) is 5.02. The second-order valence-corrected chi connectivity index (χ2v) is 6.69. The van der Waals surface area contributed by atoms with Crippen LogP contribution in [0.2, 0.25) is 0 Å². The number of carbonyl (C=O) groups excluding carboxylic acids is 2. The molecule has 0 saturated heterocycles. The Morgan fingerprint density at radius 3 is 2.38 bits per heavy atom. The predicted molar refractivity (Wildman–Crippen MR) is 79.9 cm³/mol. The van der Waals surface area contributed by atoms with Gasteiger partial charge in [0, 0.05) is 14.0 Å². The van der Waals surface area contributed by atoms with E-state index in [0.717, 1.165) is 14.0 Å². The van der Waals surface area contributed by atoms with E-state index < -0.39 is 38.3 Å². The number of halogens is 3. The van der Waals surface area contributed by atoms with Crippen LogP contribution in [-0.2, 0) is 21.7 Å². The molecule has 0 atom stereocenters. The van der Waals surface area contributed by atoms with E-state index in [1.54, 1.807) is 0 Å². The van der Waals surface area contributed by atoms with E-state index in [9.17, 15) is 31.2 Å². The number of anilines is 1. The highest BCUT2D eigenvalue weighted by Crippen LogP contribution is 2.29. The third-order valence-corrected chi connectivity index (χ3v) is 4.44. The summed E-state index contributed by atoms with van der Waals surface area (Å²) in [6.45, 7) is 1.12. The van der Waals surface area contributed by atoms with Gasteiger partial charge in [0.1, 0.15) is 5.75 Å². The summed E-state index contributed by atoms with van der Waals surface area (Å²) >= 11 is 0. The normalized spacial score (nSPS) is 11.9. The van der Waals surface area contributed by atoms with Gasteiger partial charge in [-0.2, -0.15) is 13.2 Å². The summed E-state index contributed by atoms with van der Waals surface area (Å²) < 4.78 is 65.9. The number of nitrogens with one attached hydrogen (secondary N) is 1. The zero-order valence-electron chi connectivity index (χ0n) is 13.2. The molecule has 0 saturated carbocycles. The number of ether oxygens (including phenoxy) is 1. The van der Waals surface area contributed by atoms with Crippen molar-refractivity contribution in [3.05, 3.63) is 29.8 Å². The van der Waals surface area contributed by atoms with Gasteiger partial charge in [-0.3, -0.25) is 19.5 Å². The number of rotatable bonds is 4. The lowest BCUT2D eigenvalue weighted by molar-refractivity contribution is -0.131. The molecule has 13 heteroatoms. The number of aromatic nitrogens is 3. The van der Waals surface area contributed by atoms with E-state index in [1.165, 1.54) is 24.3 Å². The average Bonchev–Trinajstić information content (AvgIpc) is 2.87. The van der Waals surface area contributed by atoms with Crippen molar-refractivity contribution in [3.8, 4) is 5.75 Å². The van der Waals surface area contributed by atoms with Crippen LogP contribution in [0.25, 0.3) is 0 Å². The molecule has 0 aliphatic carbocycles. The van der Waals surface area contributed by atoms with Gasteiger partial charge < -0.3 is 4.74 Å². The maximum Gasteiger partial charge on any atom is 0.505 e. The molecule has 9 nitrogen and oxygen atoms in total. The second kappa shape index (κ2) is 6.74. The van der Waals surface area contributed by atoms with E-state index in [0.29, 0.717) is 4.57 Å². The third-order valence-electron chi connectivity index (χ3n) is 2.99. The predicted octanol–water partition coefficient (Wildman–Crippen LogP) is 1.29. The highest BCUT2D eigenvalue weighted by Gasteiger charge is 2.50. The molecule has 0 aliphatic rings. The minimum Gasteiger partial charge on any atom is -0.426 e. The fraction of sp³-hybridized carbons (Fsp3) is 0.231. The summed E-state index contributed by atoms with van der Waals surface area (Å²) in [7, 11) is -4.81. The third kappa shape index (κ3) is 3.66. The molecule has 2 rings (SSSR count). The molecular weight excluding hydrogens is 381 g/mol. The summed E-state index contributed by atoms with van der Waals surface area (Å²) in [5.74, 6) is -2.23. The monoisotopic (exact) mass is 392 g/mol. The zero-order chi connectivity index (χ0) is 19.7. The molecule has 0 radical (unpaired) electrons. The summed E-state index contributed by atoms with van der Waals surface area (Å²) in [4.78, 5) is 23.3. The van der Waals surface area contributed by atoms with E-state index in [1.807, 2.05) is 0 Å². The van der Waals surface area contributed by atoms with Gasteiger partial charge in [-0.05, 0) is 12.1 Å². The Bertz CT molecular complexity index is 968. The van der Waals surface area contributed by atoms with Gasteiger partial charge in [0.25, 0.3) is 11.1 Å². The van der Waals surface area contributed by atoms with Crippen molar-refractivity contribution in [2.75, 3.05) is 5.32 Å². The van der Waals surface area contributed by atoms with Crippen LogP contribution in [0.1, 0.15) is 17.3 Å². The van der Waals surface area contributed by atoms with Crippen LogP contribution in [0.15, 0.2) is 29.4 Å². The quantitative estimate of drug-likeness (QED) is 0.615. The zero-order valence-corrected chi connectivity index (χ0v) is 14.1. The van der Waals surface area contributed by atoms with Gasteiger partial charge in [-0.25, -0.2) is 8.42 Å². The van der Waals surface area contributed by atoms with Crippen molar-refractivity contribution in [2.24, 2.45) is 7.05 Å². The van der Waals surface area contributed by atoms with Gasteiger partial charge in [-0.15, -0.1) is 10.2 Å². The van der Waals surface area contributed by atoms with E-state index in [-0.39, 0.29) is 11.3 Å². The van der Waals surface area contributed by atoms with Gasteiger partial charge in [0.15, 0.2) is 0 Å². The number of benzene rings is 1. The van der Waals surface area contributed by atoms with Gasteiger partial charge in [0.2, 0.25) is 5.95 Å². The number of amides is 1. The molecule has 26 heavy (non-hydrogen) atoms. The maximum atomic E-state index is 12.6. The van der Waals surface area contributed by atoms with E-state index in [2.05, 4.69) is 15.5 Å². The number of esters is 1. The number of alkyl halides is 3. The van der Waals surface area contributed by atoms with Crippen molar-refractivity contribution < 1.29 is 35.9 Å². The SMILES string of the molecule is CC(=O)Oc1ccccc1C(=O)Nc1nnc(S(=O)(=O)C(F)(F)F)n1C. The molecule has 0 unspecified atom stereocenters. The molecule has 0 spiro atoms. The van der Waals surface area contributed by atoms with Crippen LogP contribution in [-0.4, -0.2) is 40.6 Å². The van der Waals surface area contributed by atoms with Crippen molar-refractivity contribution >= 4 is 27.7 Å². The Morgan fingerprint density at radius 2 is 1.81 bits per heavy atom. The Hall–Kier alpha value is -2.96. The number of hydrogen-bond acceptors (Lipinski definition) is 7. The first-order valence-electron chi connectivity index (χ1n) is 6.74. The van der Waals surface area contributed by atoms with Crippen LogP contribution < -0.4 is 10.1 Å². The van der Waals surface area contributed by atoms with Crippen molar-refractivity contribution in [1.29, 1.82) is 0 Å². The molecular formula is C13H11F3N4O5S. The van der Waals surface area contributed by atoms with Crippen LogP contribution in [0.5, 0.6) is 5.75 Å². The van der Waals surface area contributed by atoms with Gasteiger partial charge in [0.05, 0.1) is 5.56 Å². The highest BCUT2D eigenvalue weighted by atomic mass is 32.2. The Balaban J connectivity index is 2.34. The number of sulfone groups is 1. The largest absolute Gasteiger partial charge is 0.505 e. The number of nitrogens with zero attached hydrogens (tertiary/aromatic N) is 3. The molecule has 1 N–H and O–H groups in total. The van der Waals surface area contributed by atoms with Crippen molar-refractivity contribution in [1.82, 2.24) is 14.8 Å². The first-order valence-corrected chi connectivity index (χ1v) is 8.23. The van der Waals surface area contributed by atoms with Crippen LogP contribution in [0, 0.1) is 0 Å². The average molecular weight is 392 g/mol. The fourth-order valence-corrected chi connectivity index (χ4v) is 2.63. The van der Waals surface area contributed by atoms with Crippen LogP contribution in [0.4, 0.5) is 19.1 Å². The molecule has 1 aromatic heterocycles. The van der Waals surface area contributed by atoms with E-state index >= 15 is 0 Å². The molecule has 1 aromatic carbocycles. The molecule has 2 aromatic rings. The maximum absolute atomic E-state index is 12.6. The second-order valence-electron chi connectivity index (χ2n) is 4.86. The topological polar surface area (TPSA) is 120 Å². The lowest BCUT2D eigenvalue weighted by Crippen LogP contribution is -2.26. The smallest absolute Gasteiger partial charge is 0.426 e. The lowest BCUT2D eigenvalue weighted by atomic mass is 10.2. The minimum absolute atomic E-state index is 0.0946. The molecule has 1 heterocycles. The number of carbonyl (C=O) groups is 2. The van der Waals surface area contributed by atoms with Crippen molar-refractivity contribution in [2.45, 2.75) is 17.6 Å². The lowest BCUT2D eigenvalue weighted by Gasteiger charge is -2.10. The molecule has 140 valence electrons. The van der Waals surface area contributed by atoms with E-state index in [4.69, 9.17) is 4.74 Å². The van der Waals surface area contributed by atoms with Crippen molar-refractivity contribution in [3.63, 3.8) is 0 Å². The van der Waals surface area contributed by atoms with Crippen LogP contribution >= 0.6 is 0 Å². The van der Waals surface area contributed by atoms with Gasteiger partial charge >= 0.3 is 21.3 Å². The number of hydrogen-bond donors (Lipinski definition) is 1. The summed E-state index contributed by atoms with van der Waals surface area (Å²) in [5.41, 5.74) is -5.69. The first-order chi connectivity index (χ1) is 11.9. The van der Waals surface area contributed by atoms with Gasteiger partial charge in [-0.1, -0.05) is 12.1 Å².